The van der Waals surface area contributed by atoms with Crippen molar-refractivity contribution >= 4 is 17.6 Å². The van der Waals surface area contributed by atoms with Crippen LogP contribution in [0.1, 0.15) is 29.6 Å². The van der Waals surface area contributed by atoms with E-state index in [9.17, 15) is 14.0 Å². The second-order valence-electron chi connectivity index (χ2n) is 10.1. The van der Waals surface area contributed by atoms with E-state index >= 15 is 0 Å². The van der Waals surface area contributed by atoms with E-state index in [1.807, 2.05) is 36.4 Å². The number of anilines is 1. The minimum absolute atomic E-state index is 0.0505. The second kappa shape index (κ2) is 12.9. The number of hydrogen-bond acceptors (Lipinski definition) is 7. The lowest BCUT2D eigenvalue weighted by atomic mass is 10.1. The highest BCUT2D eigenvalue weighted by atomic mass is 19.1. The number of hydrogen-bond donors (Lipinski definition) is 0. The molecular weight excluding hydrogens is 513 g/mol. The van der Waals surface area contributed by atoms with Crippen molar-refractivity contribution in [3.8, 4) is 17.0 Å². The van der Waals surface area contributed by atoms with Gasteiger partial charge in [-0.2, -0.15) is 0 Å². The number of carbonyl (C=O) groups is 2. The molecule has 10 heteroatoms. The van der Waals surface area contributed by atoms with Gasteiger partial charge in [-0.05, 0) is 67.8 Å². The average molecular weight is 548 g/mol. The van der Waals surface area contributed by atoms with E-state index in [2.05, 4.69) is 15.1 Å². The number of ether oxygens (including phenoxy) is 2. The Morgan fingerprint density at radius 1 is 1.02 bits per heavy atom. The number of benzene rings is 2. The third kappa shape index (κ3) is 6.74. The Bertz CT molecular complexity index is 1300. The monoisotopic (exact) mass is 547 g/mol. The van der Waals surface area contributed by atoms with Gasteiger partial charge in [0.15, 0.2) is 5.82 Å². The van der Waals surface area contributed by atoms with Gasteiger partial charge in [0.05, 0.1) is 18.9 Å². The molecular formula is C30H34FN5O4. The molecule has 0 saturated carbocycles. The van der Waals surface area contributed by atoms with Gasteiger partial charge in [-0.1, -0.05) is 12.1 Å². The molecule has 3 aromatic rings. The molecule has 2 aromatic carbocycles. The van der Waals surface area contributed by atoms with Crippen LogP contribution in [0.4, 0.5) is 10.2 Å². The van der Waals surface area contributed by atoms with Gasteiger partial charge in [0.25, 0.3) is 5.91 Å². The normalized spacial score (nSPS) is 17.4. The highest BCUT2D eigenvalue weighted by Crippen LogP contribution is 2.23. The van der Waals surface area contributed by atoms with Crippen LogP contribution in [-0.2, 0) is 9.53 Å². The van der Waals surface area contributed by atoms with Crippen LogP contribution >= 0.6 is 0 Å². The van der Waals surface area contributed by atoms with Gasteiger partial charge in [0, 0.05) is 50.5 Å². The van der Waals surface area contributed by atoms with Crippen molar-refractivity contribution in [3.63, 3.8) is 0 Å². The van der Waals surface area contributed by atoms with Crippen molar-refractivity contribution < 1.29 is 23.5 Å². The molecule has 1 unspecified atom stereocenters. The van der Waals surface area contributed by atoms with Crippen LogP contribution in [0.15, 0.2) is 60.7 Å². The zero-order valence-electron chi connectivity index (χ0n) is 22.7. The van der Waals surface area contributed by atoms with Gasteiger partial charge in [-0.25, -0.2) is 4.39 Å². The predicted octanol–water partition coefficient (Wildman–Crippen LogP) is 3.65. The summed E-state index contributed by atoms with van der Waals surface area (Å²) in [6.07, 6.45) is 2.44. The molecule has 5 rings (SSSR count). The molecule has 2 aliphatic heterocycles. The number of carbonyl (C=O) groups excluding carboxylic acids is 2. The Labute approximate surface area is 233 Å². The molecule has 0 spiro atoms. The maximum Gasteiger partial charge on any atom is 0.254 e. The van der Waals surface area contributed by atoms with Gasteiger partial charge >= 0.3 is 0 Å². The van der Waals surface area contributed by atoms with Crippen LogP contribution in [0.5, 0.6) is 5.75 Å². The van der Waals surface area contributed by atoms with Crippen LogP contribution in [0.2, 0.25) is 0 Å². The number of amides is 2. The molecule has 0 bridgehead atoms. The number of aromatic nitrogens is 2. The molecule has 9 nitrogen and oxygen atoms in total. The summed E-state index contributed by atoms with van der Waals surface area (Å²) < 4.78 is 24.5. The molecule has 2 amide bonds. The molecule has 1 aromatic heterocycles. The van der Waals surface area contributed by atoms with E-state index in [-0.39, 0.29) is 24.5 Å². The fourth-order valence-electron chi connectivity index (χ4n) is 5.12. The first-order valence-electron chi connectivity index (χ1n) is 13.7. The van der Waals surface area contributed by atoms with Gasteiger partial charge in [-0.3, -0.25) is 9.59 Å². The zero-order valence-corrected chi connectivity index (χ0v) is 22.7. The SMILES string of the molecule is COc1cccc(-c2ccc(N3CCCN(C(=O)CN(CC4CCCO4)C(=O)c4ccc(F)cc4)CC3)nn2)c1. The van der Waals surface area contributed by atoms with E-state index < -0.39 is 5.82 Å². The van der Waals surface area contributed by atoms with Crippen molar-refractivity contribution in [1.29, 1.82) is 0 Å². The number of halogens is 1. The summed E-state index contributed by atoms with van der Waals surface area (Å²) in [4.78, 5) is 32.1. The first kappa shape index (κ1) is 27.5. The van der Waals surface area contributed by atoms with Gasteiger partial charge in [0.1, 0.15) is 18.1 Å². The second-order valence-corrected chi connectivity index (χ2v) is 10.1. The largest absolute Gasteiger partial charge is 0.497 e. The first-order chi connectivity index (χ1) is 19.5. The maximum absolute atomic E-state index is 13.4. The van der Waals surface area contributed by atoms with Crippen molar-refractivity contribution in [2.45, 2.75) is 25.4 Å². The summed E-state index contributed by atoms with van der Waals surface area (Å²) in [7, 11) is 1.63. The molecule has 0 aliphatic carbocycles. The Morgan fingerprint density at radius 3 is 2.60 bits per heavy atom. The van der Waals surface area contributed by atoms with Crippen molar-refractivity contribution in [2.75, 3.05) is 57.9 Å². The van der Waals surface area contributed by atoms with Crippen LogP contribution in [0.3, 0.4) is 0 Å². The lowest BCUT2D eigenvalue weighted by Crippen LogP contribution is -2.46. The molecule has 1 atom stereocenters. The summed E-state index contributed by atoms with van der Waals surface area (Å²) in [5.74, 6) is 0.690. The summed E-state index contributed by atoms with van der Waals surface area (Å²) >= 11 is 0. The van der Waals surface area contributed by atoms with Gasteiger partial charge in [0.2, 0.25) is 5.91 Å². The highest BCUT2D eigenvalue weighted by molar-refractivity contribution is 5.96. The molecule has 2 fully saturated rings. The van der Waals surface area contributed by atoms with Crippen molar-refractivity contribution in [3.05, 3.63) is 72.0 Å². The van der Waals surface area contributed by atoms with Gasteiger partial charge < -0.3 is 24.2 Å². The first-order valence-corrected chi connectivity index (χ1v) is 13.7. The van der Waals surface area contributed by atoms with E-state index in [0.29, 0.717) is 38.3 Å². The standard InChI is InChI=1S/C30H34FN5O4/c1-39-25-6-2-5-23(19-25)27-12-13-28(33-32-27)34-14-4-15-35(17-16-34)29(37)21-36(20-26-7-3-18-40-26)30(38)22-8-10-24(31)11-9-22/h2,5-6,8-13,19,26H,3-4,7,14-18,20-21H2,1H3. The minimum Gasteiger partial charge on any atom is -0.497 e. The fourth-order valence-corrected chi connectivity index (χ4v) is 5.12. The Morgan fingerprint density at radius 2 is 1.88 bits per heavy atom. The molecule has 0 N–H and O–H groups in total. The third-order valence-electron chi connectivity index (χ3n) is 7.34. The topological polar surface area (TPSA) is 88.1 Å². The third-order valence-corrected chi connectivity index (χ3v) is 7.34. The molecule has 2 saturated heterocycles. The van der Waals surface area contributed by atoms with Crippen LogP contribution in [-0.4, -0.2) is 90.9 Å². The maximum atomic E-state index is 13.4. The van der Waals surface area contributed by atoms with E-state index in [1.54, 1.807) is 12.0 Å². The quantitative estimate of drug-likeness (QED) is 0.425. The minimum atomic E-state index is -0.410. The summed E-state index contributed by atoms with van der Waals surface area (Å²) in [5, 5.41) is 8.87. The number of nitrogens with zero attached hydrogens (tertiary/aromatic N) is 5. The lowest BCUT2D eigenvalue weighted by molar-refractivity contribution is -0.132. The summed E-state index contributed by atoms with van der Waals surface area (Å²) in [6, 6.07) is 17.0. The van der Waals surface area contributed by atoms with Crippen LogP contribution < -0.4 is 9.64 Å². The van der Waals surface area contributed by atoms with Crippen molar-refractivity contribution in [2.24, 2.45) is 0 Å². The molecule has 210 valence electrons. The lowest BCUT2D eigenvalue weighted by Gasteiger charge is -2.28. The smallest absolute Gasteiger partial charge is 0.254 e. The summed E-state index contributed by atoms with van der Waals surface area (Å²) in [6.45, 7) is 3.38. The Hall–Kier alpha value is -4.05. The molecule has 2 aliphatic rings. The average Bonchev–Trinajstić information content (AvgIpc) is 3.38. The Balaban J connectivity index is 1.22. The summed E-state index contributed by atoms with van der Waals surface area (Å²) in [5.41, 5.74) is 2.03. The molecule has 0 radical (unpaired) electrons. The van der Waals surface area contributed by atoms with Crippen LogP contribution in [0, 0.1) is 5.82 Å². The zero-order chi connectivity index (χ0) is 27.9. The Kier molecular flexibility index (Phi) is 8.85. The van der Waals surface area contributed by atoms with E-state index in [1.165, 1.54) is 29.2 Å². The highest BCUT2D eigenvalue weighted by Gasteiger charge is 2.28. The van der Waals surface area contributed by atoms with E-state index in [0.717, 1.165) is 48.6 Å². The fraction of sp³-hybridized carbons (Fsp3) is 0.400. The van der Waals surface area contributed by atoms with Gasteiger partial charge in [-0.15, -0.1) is 10.2 Å². The molecule has 3 heterocycles. The number of methoxy groups -OCH3 is 1. The predicted molar refractivity (Wildman–Crippen MR) is 149 cm³/mol. The number of rotatable bonds is 8. The van der Waals surface area contributed by atoms with E-state index in [4.69, 9.17) is 9.47 Å². The van der Waals surface area contributed by atoms with Crippen molar-refractivity contribution in [1.82, 2.24) is 20.0 Å². The molecule has 40 heavy (non-hydrogen) atoms. The van der Waals surface area contributed by atoms with Crippen LogP contribution in [0.25, 0.3) is 11.3 Å².